The molecule has 0 spiro atoms. The molecule has 24 heavy (non-hydrogen) atoms. The molecule has 1 atom stereocenters. The number of hydrogen-bond donors (Lipinski definition) is 1. The lowest BCUT2D eigenvalue weighted by molar-refractivity contribution is 0.0959. The fraction of sp³-hybridized carbons (Fsp3) is 0.529. The maximum absolute atomic E-state index is 13.3. The van der Waals surface area contributed by atoms with Gasteiger partial charge in [-0.3, -0.25) is 0 Å². The predicted molar refractivity (Wildman–Crippen MR) is 85.4 cm³/mol. The van der Waals surface area contributed by atoms with Crippen molar-refractivity contribution in [1.29, 1.82) is 0 Å². The van der Waals surface area contributed by atoms with Gasteiger partial charge in [0.2, 0.25) is 0 Å². The Morgan fingerprint density at radius 2 is 2.00 bits per heavy atom. The Hall–Kier alpha value is -1.86. The first-order valence-electron chi connectivity index (χ1n) is 8.31. The van der Waals surface area contributed by atoms with Gasteiger partial charge in [-0.2, -0.15) is 0 Å². The van der Waals surface area contributed by atoms with Crippen molar-refractivity contribution in [1.82, 2.24) is 19.7 Å². The number of aromatic nitrogens is 3. The molecule has 1 unspecified atom stereocenters. The molecular formula is C17H22F2N4O. The summed E-state index contributed by atoms with van der Waals surface area (Å²) >= 11 is 0. The van der Waals surface area contributed by atoms with Gasteiger partial charge in [-0.25, -0.2) is 8.78 Å². The van der Waals surface area contributed by atoms with E-state index in [0.717, 1.165) is 50.4 Å². The number of nitrogens with zero attached hydrogens (tertiary/aromatic N) is 4. The highest BCUT2D eigenvalue weighted by Gasteiger charge is 2.25. The largest absolute Gasteiger partial charge is 0.387 e. The van der Waals surface area contributed by atoms with Crippen molar-refractivity contribution >= 4 is 0 Å². The van der Waals surface area contributed by atoms with Crippen LogP contribution in [0, 0.1) is 11.6 Å². The summed E-state index contributed by atoms with van der Waals surface area (Å²) in [5.74, 6) is -0.418. The zero-order valence-corrected chi connectivity index (χ0v) is 13.7. The topological polar surface area (TPSA) is 54.2 Å². The van der Waals surface area contributed by atoms with E-state index in [0.29, 0.717) is 18.0 Å². The molecule has 1 fully saturated rings. The van der Waals surface area contributed by atoms with Gasteiger partial charge in [-0.1, -0.05) is 6.07 Å². The molecule has 0 saturated carbocycles. The van der Waals surface area contributed by atoms with Crippen molar-refractivity contribution in [3.8, 4) is 0 Å². The van der Waals surface area contributed by atoms with Gasteiger partial charge in [0.15, 0.2) is 11.6 Å². The quantitative estimate of drug-likeness (QED) is 0.911. The molecule has 2 aromatic rings. The van der Waals surface area contributed by atoms with Crippen LogP contribution in [0.2, 0.25) is 0 Å². The number of aryl methyl sites for hydroxylation is 1. The van der Waals surface area contributed by atoms with E-state index in [1.807, 2.05) is 0 Å². The monoisotopic (exact) mass is 336 g/mol. The molecule has 0 amide bonds. The Morgan fingerprint density at radius 1 is 1.25 bits per heavy atom. The third-order valence-electron chi connectivity index (χ3n) is 4.70. The van der Waals surface area contributed by atoms with E-state index in [2.05, 4.69) is 26.6 Å². The number of hydrogen-bond acceptors (Lipinski definition) is 4. The average Bonchev–Trinajstić information content (AvgIpc) is 3.06. The Balaban J connectivity index is 1.56. The Morgan fingerprint density at radius 3 is 2.67 bits per heavy atom. The molecule has 0 aliphatic carbocycles. The van der Waals surface area contributed by atoms with Gasteiger partial charge in [0.1, 0.15) is 12.2 Å². The Bertz CT molecular complexity index is 683. The second-order valence-electron chi connectivity index (χ2n) is 6.24. The molecule has 0 radical (unpaired) electrons. The van der Waals surface area contributed by atoms with Crippen LogP contribution in [-0.4, -0.2) is 44.4 Å². The van der Waals surface area contributed by atoms with E-state index < -0.39 is 17.7 Å². The highest BCUT2D eigenvalue weighted by atomic mass is 19.2. The van der Waals surface area contributed by atoms with Crippen molar-refractivity contribution in [2.24, 2.45) is 0 Å². The number of halogens is 2. The maximum atomic E-state index is 13.3. The lowest BCUT2D eigenvalue weighted by Crippen LogP contribution is -2.36. The zero-order valence-electron chi connectivity index (χ0n) is 13.7. The molecule has 2 heterocycles. The SMILES string of the molecule is CCn1cnnc1C1CCN(CC(O)c2ccc(F)c(F)c2)CC1. The first kappa shape index (κ1) is 17.0. The molecule has 1 saturated heterocycles. The van der Waals surface area contributed by atoms with Gasteiger partial charge in [0, 0.05) is 19.0 Å². The van der Waals surface area contributed by atoms with Crippen LogP contribution in [0.15, 0.2) is 24.5 Å². The molecule has 0 bridgehead atoms. The van der Waals surface area contributed by atoms with Crippen LogP contribution < -0.4 is 0 Å². The second kappa shape index (κ2) is 7.36. The van der Waals surface area contributed by atoms with E-state index in [-0.39, 0.29) is 0 Å². The van der Waals surface area contributed by atoms with Gasteiger partial charge in [-0.15, -0.1) is 10.2 Å². The number of rotatable bonds is 5. The lowest BCUT2D eigenvalue weighted by atomic mass is 9.95. The number of aliphatic hydroxyl groups excluding tert-OH is 1. The first-order valence-corrected chi connectivity index (χ1v) is 8.31. The van der Waals surface area contributed by atoms with Crippen LogP contribution in [-0.2, 0) is 6.54 Å². The van der Waals surface area contributed by atoms with Crippen LogP contribution >= 0.6 is 0 Å². The normalized spacial score (nSPS) is 18.0. The summed E-state index contributed by atoms with van der Waals surface area (Å²) < 4.78 is 28.3. The van der Waals surface area contributed by atoms with Gasteiger partial charge in [0.25, 0.3) is 0 Å². The molecule has 1 aromatic heterocycles. The molecule has 5 nitrogen and oxygen atoms in total. The minimum absolute atomic E-state index is 0.379. The third kappa shape index (κ3) is 3.62. The molecule has 1 aliphatic heterocycles. The fourth-order valence-corrected chi connectivity index (χ4v) is 3.27. The predicted octanol–water partition coefficient (Wildman–Crippen LogP) is 2.49. The zero-order chi connectivity index (χ0) is 17.1. The van der Waals surface area contributed by atoms with E-state index in [1.54, 1.807) is 6.33 Å². The van der Waals surface area contributed by atoms with Gasteiger partial charge in [-0.05, 0) is 50.6 Å². The number of β-amino-alcohol motifs (C(OH)–C–C–N with tert-alkyl or cyclic N) is 1. The highest BCUT2D eigenvalue weighted by Crippen LogP contribution is 2.27. The van der Waals surface area contributed by atoms with Gasteiger partial charge in [0.05, 0.1) is 6.10 Å². The summed E-state index contributed by atoms with van der Waals surface area (Å²) in [4.78, 5) is 2.15. The molecule has 3 rings (SSSR count). The number of likely N-dealkylation sites (tertiary alicyclic amines) is 1. The average molecular weight is 336 g/mol. The minimum Gasteiger partial charge on any atom is -0.387 e. The number of piperidine rings is 1. The molecule has 7 heteroatoms. The molecule has 1 N–H and O–H groups in total. The number of aliphatic hydroxyl groups is 1. The van der Waals surface area contributed by atoms with E-state index >= 15 is 0 Å². The molecule has 130 valence electrons. The molecular weight excluding hydrogens is 314 g/mol. The molecule has 1 aromatic carbocycles. The third-order valence-corrected chi connectivity index (χ3v) is 4.70. The van der Waals surface area contributed by atoms with Gasteiger partial charge < -0.3 is 14.6 Å². The lowest BCUT2D eigenvalue weighted by Gasteiger charge is -2.32. The minimum atomic E-state index is -0.927. The van der Waals surface area contributed by atoms with Crippen LogP contribution in [0.1, 0.15) is 43.2 Å². The Kier molecular flexibility index (Phi) is 5.20. The van der Waals surface area contributed by atoms with Crippen molar-refractivity contribution in [2.75, 3.05) is 19.6 Å². The molecule has 1 aliphatic rings. The first-order chi connectivity index (χ1) is 11.6. The van der Waals surface area contributed by atoms with E-state index in [4.69, 9.17) is 0 Å². The summed E-state index contributed by atoms with van der Waals surface area (Å²) in [5.41, 5.74) is 0.404. The Labute approximate surface area is 139 Å². The standard InChI is InChI=1S/C17H22F2N4O/c1-2-23-11-20-21-17(23)12-5-7-22(8-6-12)10-16(24)13-3-4-14(18)15(19)9-13/h3-4,9,11-12,16,24H,2,5-8,10H2,1H3. The summed E-state index contributed by atoms with van der Waals surface area (Å²) in [5, 5.41) is 18.5. The van der Waals surface area contributed by atoms with Crippen LogP contribution in [0.4, 0.5) is 8.78 Å². The van der Waals surface area contributed by atoms with E-state index in [9.17, 15) is 13.9 Å². The van der Waals surface area contributed by atoms with Crippen molar-refractivity contribution in [2.45, 2.75) is 38.3 Å². The summed E-state index contributed by atoms with van der Waals surface area (Å²) in [6, 6.07) is 3.55. The fourth-order valence-electron chi connectivity index (χ4n) is 3.27. The smallest absolute Gasteiger partial charge is 0.159 e. The van der Waals surface area contributed by atoms with Gasteiger partial charge >= 0.3 is 0 Å². The van der Waals surface area contributed by atoms with Crippen LogP contribution in [0.3, 0.4) is 0 Å². The second-order valence-corrected chi connectivity index (χ2v) is 6.24. The highest BCUT2D eigenvalue weighted by molar-refractivity contribution is 5.20. The maximum Gasteiger partial charge on any atom is 0.159 e. The van der Waals surface area contributed by atoms with E-state index in [1.165, 1.54) is 6.07 Å². The van der Waals surface area contributed by atoms with Crippen molar-refractivity contribution < 1.29 is 13.9 Å². The number of benzene rings is 1. The summed E-state index contributed by atoms with van der Waals surface area (Å²) in [7, 11) is 0. The van der Waals surface area contributed by atoms with Crippen LogP contribution in [0.5, 0.6) is 0 Å². The van der Waals surface area contributed by atoms with Crippen LogP contribution in [0.25, 0.3) is 0 Å². The summed E-state index contributed by atoms with van der Waals surface area (Å²) in [6.07, 6.45) is 2.83. The summed E-state index contributed by atoms with van der Waals surface area (Å²) in [6.45, 7) is 5.01. The van der Waals surface area contributed by atoms with Crippen molar-refractivity contribution in [3.05, 3.63) is 47.5 Å². The van der Waals surface area contributed by atoms with Crippen molar-refractivity contribution in [3.63, 3.8) is 0 Å².